The molecule has 84 valence electrons. The van der Waals surface area contributed by atoms with Gasteiger partial charge in [0.25, 0.3) is 0 Å². The second kappa shape index (κ2) is 5.69. The molecule has 0 radical (unpaired) electrons. The minimum atomic E-state index is 0.690. The van der Waals surface area contributed by atoms with Crippen LogP contribution in [0.25, 0.3) is 0 Å². The molecule has 0 saturated heterocycles. The molecule has 0 amide bonds. The summed E-state index contributed by atoms with van der Waals surface area (Å²) in [5.74, 6) is 0. The Morgan fingerprint density at radius 1 is 1.33 bits per heavy atom. The van der Waals surface area contributed by atoms with E-state index in [1.54, 1.807) is 0 Å². The van der Waals surface area contributed by atoms with E-state index in [1.807, 2.05) is 0 Å². The maximum absolute atomic E-state index is 4.67. The highest BCUT2D eigenvalue weighted by Gasteiger charge is 2.17. The van der Waals surface area contributed by atoms with Crippen LogP contribution in [0.3, 0.4) is 0 Å². The molecule has 0 aromatic carbocycles. The summed E-state index contributed by atoms with van der Waals surface area (Å²) in [5.41, 5.74) is 1.27. The standard InChI is InChI=1S/C12H19BrN2/c13-9-4-3-5-11-8-10-15(14-11)12-6-1-2-7-12/h8,10,12H,1-7,9H2. The van der Waals surface area contributed by atoms with Crippen LogP contribution in [0.4, 0.5) is 0 Å². The monoisotopic (exact) mass is 270 g/mol. The Balaban J connectivity index is 1.86. The van der Waals surface area contributed by atoms with Crippen molar-refractivity contribution in [2.75, 3.05) is 5.33 Å². The van der Waals surface area contributed by atoms with Crippen LogP contribution in [-0.4, -0.2) is 15.1 Å². The highest BCUT2D eigenvalue weighted by Crippen LogP contribution is 2.28. The van der Waals surface area contributed by atoms with Gasteiger partial charge in [-0.15, -0.1) is 0 Å². The lowest BCUT2D eigenvalue weighted by molar-refractivity contribution is 0.462. The lowest BCUT2D eigenvalue weighted by atomic mass is 10.2. The molecule has 1 aliphatic carbocycles. The number of halogens is 1. The number of hydrogen-bond acceptors (Lipinski definition) is 1. The van der Waals surface area contributed by atoms with Gasteiger partial charge in [-0.25, -0.2) is 0 Å². The lowest BCUT2D eigenvalue weighted by Gasteiger charge is -2.08. The Labute approximate surface area is 100 Å². The Kier molecular flexibility index (Phi) is 4.24. The summed E-state index contributed by atoms with van der Waals surface area (Å²) in [6.45, 7) is 0. The van der Waals surface area contributed by atoms with Crippen molar-refractivity contribution >= 4 is 15.9 Å². The second-order valence-corrected chi connectivity index (χ2v) is 5.16. The fourth-order valence-electron chi connectivity index (χ4n) is 2.28. The fourth-order valence-corrected chi connectivity index (χ4v) is 2.68. The SMILES string of the molecule is BrCCCCc1ccn(C2CCCC2)n1. The third kappa shape index (κ3) is 3.07. The largest absolute Gasteiger partial charge is 0.269 e. The quantitative estimate of drug-likeness (QED) is 0.589. The molecule has 2 rings (SSSR count). The Bertz CT molecular complexity index is 290. The van der Waals surface area contributed by atoms with Crippen LogP contribution in [0.1, 0.15) is 50.3 Å². The number of rotatable bonds is 5. The number of aryl methyl sites for hydroxylation is 1. The van der Waals surface area contributed by atoms with Crippen LogP contribution in [0.15, 0.2) is 12.3 Å². The molecular weight excluding hydrogens is 252 g/mol. The van der Waals surface area contributed by atoms with Gasteiger partial charge in [0.1, 0.15) is 0 Å². The van der Waals surface area contributed by atoms with E-state index >= 15 is 0 Å². The highest BCUT2D eigenvalue weighted by molar-refractivity contribution is 9.09. The smallest absolute Gasteiger partial charge is 0.0624 e. The molecule has 1 aromatic heterocycles. The van der Waals surface area contributed by atoms with Crippen molar-refractivity contribution < 1.29 is 0 Å². The minimum Gasteiger partial charge on any atom is -0.269 e. The third-order valence-electron chi connectivity index (χ3n) is 3.18. The second-order valence-electron chi connectivity index (χ2n) is 4.37. The van der Waals surface area contributed by atoms with Crippen molar-refractivity contribution in [2.45, 2.75) is 51.0 Å². The molecule has 1 aromatic rings. The number of nitrogens with zero attached hydrogens (tertiary/aromatic N) is 2. The van der Waals surface area contributed by atoms with E-state index in [9.17, 15) is 0 Å². The average Bonchev–Trinajstić information content (AvgIpc) is 2.87. The van der Waals surface area contributed by atoms with Crippen LogP contribution >= 0.6 is 15.9 Å². The Morgan fingerprint density at radius 3 is 2.87 bits per heavy atom. The van der Waals surface area contributed by atoms with Crippen molar-refractivity contribution in [2.24, 2.45) is 0 Å². The van der Waals surface area contributed by atoms with Gasteiger partial charge in [-0.3, -0.25) is 4.68 Å². The van der Waals surface area contributed by atoms with E-state index in [2.05, 4.69) is 38.0 Å². The number of alkyl halides is 1. The van der Waals surface area contributed by atoms with Gasteiger partial charge in [0.15, 0.2) is 0 Å². The van der Waals surface area contributed by atoms with E-state index < -0.39 is 0 Å². The predicted molar refractivity (Wildman–Crippen MR) is 66.5 cm³/mol. The van der Waals surface area contributed by atoms with Gasteiger partial charge in [-0.05, 0) is 38.2 Å². The summed E-state index contributed by atoms with van der Waals surface area (Å²) >= 11 is 3.46. The summed E-state index contributed by atoms with van der Waals surface area (Å²) in [4.78, 5) is 0. The van der Waals surface area contributed by atoms with Gasteiger partial charge in [0.2, 0.25) is 0 Å². The molecule has 1 aliphatic rings. The van der Waals surface area contributed by atoms with Crippen LogP contribution in [0.2, 0.25) is 0 Å². The Morgan fingerprint density at radius 2 is 2.13 bits per heavy atom. The highest BCUT2D eigenvalue weighted by atomic mass is 79.9. The molecular formula is C12H19BrN2. The first-order chi connectivity index (χ1) is 7.40. The zero-order valence-electron chi connectivity index (χ0n) is 9.16. The summed E-state index contributed by atoms with van der Waals surface area (Å²) in [6, 6.07) is 2.88. The normalized spacial score (nSPS) is 17.4. The van der Waals surface area contributed by atoms with Crippen LogP contribution in [0, 0.1) is 0 Å². The number of aromatic nitrogens is 2. The van der Waals surface area contributed by atoms with Crippen LogP contribution in [0.5, 0.6) is 0 Å². The van der Waals surface area contributed by atoms with Crippen molar-refractivity contribution in [3.8, 4) is 0 Å². The topological polar surface area (TPSA) is 17.8 Å². The van der Waals surface area contributed by atoms with Crippen molar-refractivity contribution in [3.05, 3.63) is 18.0 Å². The lowest BCUT2D eigenvalue weighted by Crippen LogP contribution is -2.05. The maximum Gasteiger partial charge on any atom is 0.0624 e. The van der Waals surface area contributed by atoms with Gasteiger partial charge in [0.05, 0.1) is 11.7 Å². The summed E-state index contributed by atoms with van der Waals surface area (Å²) < 4.78 is 2.19. The molecule has 0 bridgehead atoms. The van der Waals surface area contributed by atoms with Gasteiger partial charge in [0, 0.05) is 11.5 Å². The first-order valence-corrected chi connectivity index (χ1v) is 7.12. The minimum absolute atomic E-state index is 0.690. The summed E-state index contributed by atoms with van der Waals surface area (Å²) in [6.07, 6.45) is 11.2. The van der Waals surface area contributed by atoms with E-state index in [0.717, 1.165) is 11.8 Å². The van der Waals surface area contributed by atoms with Crippen molar-refractivity contribution in [3.63, 3.8) is 0 Å². The third-order valence-corrected chi connectivity index (χ3v) is 3.74. The van der Waals surface area contributed by atoms with E-state index in [-0.39, 0.29) is 0 Å². The van der Waals surface area contributed by atoms with Gasteiger partial charge < -0.3 is 0 Å². The zero-order chi connectivity index (χ0) is 10.5. The first-order valence-electron chi connectivity index (χ1n) is 6.00. The molecule has 0 aliphatic heterocycles. The van der Waals surface area contributed by atoms with Crippen LogP contribution in [-0.2, 0) is 6.42 Å². The van der Waals surface area contributed by atoms with E-state index in [1.165, 1.54) is 44.2 Å². The fraction of sp³-hybridized carbons (Fsp3) is 0.750. The molecule has 1 saturated carbocycles. The van der Waals surface area contributed by atoms with E-state index in [0.29, 0.717) is 6.04 Å². The summed E-state index contributed by atoms with van der Waals surface area (Å²) in [5, 5.41) is 5.77. The predicted octanol–water partition coefficient (Wildman–Crippen LogP) is 3.72. The van der Waals surface area contributed by atoms with E-state index in [4.69, 9.17) is 0 Å². The van der Waals surface area contributed by atoms with Gasteiger partial charge >= 0.3 is 0 Å². The molecule has 0 atom stereocenters. The van der Waals surface area contributed by atoms with Crippen LogP contribution < -0.4 is 0 Å². The van der Waals surface area contributed by atoms with Crippen molar-refractivity contribution in [1.29, 1.82) is 0 Å². The zero-order valence-corrected chi connectivity index (χ0v) is 10.7. The molecule has 3 heteroatoms. The molecule has 15 heavy (non-hydrogen) atoms. The Hall–Kier alpha value is -0.310. The molecule has 0 spiro atoms. The number of hydrogen-bond donors (Lipinski definition) is 0. The average molecular weight is 271 g/mol. The number of unbranched alkanes of at least 4 members (excludes halogenated alkanes) is 1. The first kappa shape index (κ1) is 11.2. The summed E-state index contributed by atoms with van der Waals surface area (Å²) in [7, 11) is 0. The molecule has 0 unspecified atom stereocenters. The van der Waals surface area contributed by atoms with Crippen molar-refractivity contribution in [1.82, 2.24) is 9.78 Å². The van der Waals surface area contributed by atoms with Gasteiger partial charge in [-0.2, -0.15) is 5.10 Å². The molecule has 2 nitrogen and oxygen atoms in total. The maximum atomic E-state index is 4.67. The molecule has 1 heterocycles. The molecule has 0 N–H and O–H groups in total. The molecule has 1 fully saturated rings. The van der Waals surface area contributed by atoms with Gasteiger partial charge in [-0.1, -0.05) is 28.8 Å².